The maximum atomic E-state index is 2.41. The van der Waals surface area contributed by atoms with Crippen molar-refractivity contribution in [1.82, 2.24) is 4.48 Å². The second-order valence-electron chi connectivity index (χ2n) is 10.4. The highest BCUT2D eigenvalue weighted by molar-refractivity contribution is 5.42. The monoisotopic (exact) mass is 450 g/mol. The molecule has 0 N–H and O–H groups in total. The number of rotatable bonds is 20. The van der Waals surface area contributed by atoms with Crippen molar-refractivity contribution in [3.05, 3.63) is 66.2 Å². The Kier molecular flexibility index (Phi) is 14.9. The average molecular weight is 451 g/mol. The van der Waals surface area contributed by atoms with Gasteiger partial charge in [0.05, 0.1) is 13.6 Å². The highest BCUT2D eigenvalue weighted by atomic mass is 15.3. The molecule has 1 atom stereocenters. The molecule has 0 bridgehead atoms. The van der Waals surface area contributed by atoms with Crippen molar-refractivity contribution in [2.75, 3.05) is 13.6 Å². The van der Waals surface area contributed by atoms with E-state index in [4.69, 9.17) is 0 Å². The Morgan fingerprint density at radius 3 is 1.33 bits per heavy atom. The Bertz CT molecular complexity index is 680. The molecule has 2 rings (SSSR count). The molecule has 2 aromatic carbocycles. The van der Waals surface area contributed by atoms with Gasteiger partial charge in [-0.25, -0.2) is 0 Å². The third-order valence-electron chi connectivity index (χ3n) is 7.26. The first-order valence-electron chi connectivity index (χ1n) is 14.2. The number of unbranched alkanes of at least 4 members (excludes halogenated alkanes) is 15. The van der Waals surface area contributed by atoms with Gasteiger partial charge in [0.15, 0.2) is 0 Å². The largest absolute Gasteiger partial charge is 0.290 e. The van der Waals surface area contributed by atoms with Crippen LogP contribution in [0.15, 0.2) is 60.7 Å². The van der Waals surface area contributed by atoms with Gasteiger partial charge in [-0.3, -0.25) is 4.48 Å². The standard InChI is InChI=1S/C32H52N/c1-3-4-5-6-7-8-9-10-11-12-13-14-15-16-17-24-29-33(2,32-27-22-19-23-28-32)30-31-25-20-18-21-26-31/h18-23,25-28H,3-17,24,29-30H2,1-2H3/q+1. The summed E-state index contributed by atoms with van der Waals surface area (Å²) in [6, 6.07) is 22.1. The number of para-hydroxylation sites is 1. The normalized spacial score (nSPS) is 13.2. The number of nitrogens with zero attached hydrogens (tertiary/aromatic N) is 1. The predicted octanol–water partition coefficient (Wildman–Crippen LogP) is 10.1. The lowest BCUT2D eigenvalue weighted by Crippen LogP contribution is -2.45. The van der Waals surface area contributed by atoms with E-state index in [0.29, 0.717) is 0 Å². The molecule has 0 aliphatic heterocycles. The Labute approximate surface area is 206 Å². The van der Waals surface area contributed by atoms with Crippen LogP contribution in [0.25, 0.3) is 0 Å². The van der Waals surface area contributed by atoms with Gasteiger partial charge >= 0.3 is 0 Å². The maximum absolute atomic E-state index is 2.41. The van der Waals surface area contributed by atoms with Crippen LogP contribution in [0.4, 0.5) is 5.69 Å². The lowest BCUT2D eigenvalue weighted by atomic mass is 10.0. The van der Waals surface area contributed by atoms with Crippen LogP contribution in [0.3, 0.4) is 0 Å². The van der Waals surface area contributed by atoms with Crippen molar-refractivity contribution in [1.29, 1.82) is 0 Å². The van der Waals surface area contributed by atoms with E-state index >= 15 is 0 Å². The van der Waals surface area contributed by atoms with Gasteiger partial charge in [0.1, 0.15) is 12.2 Å². The van der Waals surface area contributed by atoms with Crippen LogP contribution in [0.1, 0.15) is 115 Å². The molecule has 0 fully saturated rings. The van der Waals surface area contributed by atoms with Gasteiger partial charge in [-0.1, -0.05) is 145 Å². The van der Waals surface area contributed by atoms with Gasteiger partial charge in [-0.2, -0.15) is 0 Å². The third-order valence-corrected chi connectivity index (χ3v) is 7.26. The summed E-state index contributed by atoms with van der Waals surface area (Å²) < 4.78 is 1.00. The molecule has 0 amide bonds. The summed E-state index contributed by atoms with van der Waals surface area (Å²) in [5.74, 6) is 0. The molecule has 0 radical (unpaired) electrons. The lowest BCUT2D eigenvalue weighted by molar-refractivity contribution is 0.311. The summed E-state index contributed by atoms with van der Waals surface area (Å²) in [7, 11) is 2.41. The molecule has 1 nitrogen and oxygen atoms in total. The fourth-order valence-corrected chi connectivity index (χ4v) is 5.08. The van der Waals surface area contributed by atoms with E-state index in [2.05, 4.69) is 74.6 Å². The first kappa shape index (κ1) is 27.6. The molecule has 0 saturated heterocycles. The maximum Gasteiger partial charge on any atom is 0.132 e. The molecular weight excluding hydrogens is 398 g/mol. The summed E-state index contributed by atoms with van der Waals surface area (Å²) in [6.45, 7) is 4.59. The Morgan fingerprint density at radius 2 is 0.879 bits per heavy atom. The van der Waals surface area contributed by atoms with Crippen molar-refractivity contribution in [3.8, 4) is 0 Å². The van der Waals surface area contributed by atoms with Crippen LogP contribution in [0.2, 0.25) is 0 Å². The van der Waals surface area contributed by atoms with Crippen LogP contribution in [-0.2, 0) is 6.54 Å². The molecule has 0 aliphatic rings. The molecule has 0 aromatic heterocycles. The number of quaternary nitrogens is 1. The minimum Gasteiger partial charge on any atom is -0.290 e. The first-order valence-corrected chi connectivity index (χ1v) is 14.2. The van der Waals surface area contributed by atoms with Gasteiger partial charge in [-0.15, -0.1) is 0 Å². The van der Waals surface area contributed by atoms with E-state index in [9.17, 15) is 0 Å². The van der Waals surface area contributed by atoms with Gasteiger partial charge in [0.2, 0.25) is 0 Å². The highest BCUT2D eigenvalue weighted by Crippen LogP contribution is 2.25. The van der Waals surface area contributed by atoms with E-state index in [0.717, 1.165) is 11.0 Å². The SMILES string of the molecule is CCCCCCCCCCCCCCCCCC[N+](C)(Cc1ccccc1)c1ccccc1. The molecule has 0 spiro atoms. The number of hydrogen-bond donors (Lipinski definition) is 0. The van der Waals surface area contributed by atoms with Gasteiger partial charge in [0, 0.05) is 5.56 Å². The zero-order valence-corrected chi connectivity index (χ0v) is 21.9. The Balaban J connectivity index is 1.53. The zero-order valence-electron chi connectivity index (χ0n) is 21.9. The van der Waals surface area contributed by atoms with E-state index in [1.807, 2.05) is 0 Å². The second-order valence-corrected chi connectivity index (χ2v) is 10.4. The van der Waals surface area contributed by atoms with Gasteiger partial charge < -0.3 is 0 Å². The predicted molar refractivity (Wildman–Crippen MR) is 149 cm³/mol. The molecule has 1 unspecified atom stereocenters. The van der Waals surface area contributed by atoms with Crippen molar-refractivity contribution in [2.45, 2.75) is 116 Å². The quantitative estimate of drug-likeness (QED) is 0.139. The van der Waals surface area contributed by atoms with Crippen molar-refractivity contribution >= 4 is 5.69 Å². The molecule has 33 heavy (non-hydrogen) atoms. The molecule has 1 heteroatoms. The average Bonchev–Trinajstić information content (AvgIpc) is 2.85. The Morgan fingerprint density at radius 1 is 0.485 bits per heavy atom. The van der Waals surface area contributed by atoms with Crippen LogP contribution in [-0.4, -0.2) is 13.6 Å². The van der Waals surface area contributed by atoms with Crippen LogP contribution >= 0.6 is 0 Å². The summed E-state index contributed by atoms with van der Waals surface area (Å²) in [4.78, 5) is 0. The summed E-state index contributed by atoms with van der Waals surface area (Å²) in [5, 5.41) is 0. The van der Waals surface area contributed by atoms with Crippen LogP contribution in [0.5, 0.6) is 0 Å². The number of benzene rings is 2. The zero-order chi connectivity index (χ0) is 23.5. The van der Waals surface area contributed by atoms with E-state index in [1.54, 1.807) is 0 Å². The number of hydrogen-bond acceptors (Lipinski definition) is 0. The van der Waals surface area contributed by atoms with Crippen LogP contribution < -0.4 is 4.48 Å². The smallest absolute Gasteiger partial charge is 0.132 e. The fraction of sp³-hybridized carbons (Fsp3) is 0.625. The third kappa shape index (κ3) is 12.4. The van der Waals surface area contributed by atoms with Crippen molar-refractivity contribution in [3.63, 3.8) is 0 Å². The first-order chi connectivity index (χ1) is 16.2. The van der Waals surface area contributed by atoms with E-state index in [1.165, 1.54) is 121 Å². The highest BCUT2D eigenvalue weighted by Gasteiger charge is 2.24. The molecule has 2 aromatic rings. The van der Waals surface area contributed by atoms with Gasteiger partial charge in [-0.05, 0) is 25.0 Å². The summed E-state index contributed by atoms with van der Waals surface area (Å²) in [6.07, 6.45) is 22.9. The summed E-state index contributed by atoms with van der Waals surface area (Å²) >= 11 is 0. The lowest BCUT2D eigenvalue weighted by Gasteiger charge is -2.34. The van der Waals surface area contributed by atoms with Crippen LogP contribution in [0, 0.1) is 0 Å². The fourth-order valence-electron chi connectivity index (χ4n) is 5.08. The molecule has 0 saturated carbocycles. The Hall–Kier alpha value is -1.60. The van der Waals surface area contributed by atoms with E-state index in [-0.39, 0.29) is 0 Å². The molecule has 0 heterocycles. The molecule has 0 aliphatic carbocycles. The minimum atomic E-state index is 1.00. The topological polar surface area (TPSA) is 0 Å². The summed E-state index contributed by atoms with van der Waals surface area (Å²) in [5.41, 5.74) is 2.86. The minimum absolute atomic E-state index is 1.00. The van der Waals surface area contributed by atoms with Crippen molar-refractivity contribution < 1.29 is 0 Å². The second kappa shape index (κ2) is 17.8. The molecule has 184 valence electrons. The molecular formula is C32H52N+. The van der Waals surface area contributed by atoms with Crippen molar-refractivity contribution in [2.24, 2.45) is 0 Å². The van der Waals surface area contributed by atoms with E-state index < -0.39 is 0 Å². The van der Waals surface area contributed by atoms with Gasteiger partial charge in [0.25, 0.3) is 0 Å².